The van der Waals surface area contributed by atoms with Crippen molar-refractivity contribution in [2.75, 3.05) is 11.2 Å². The third-order valence-electron chi connectivity index (χ3n) is 2.58. The Labute approximate surface area is 115 Å². The number of benzene rings is 2. The van der Waals surface area contributed by atoms with Gasteiger partial charge in [0.05, 0.1) is 0 Å². The number of fused-ring (bicyclic) bond motifs is 1. The number of rotatable bonds is 3. The van der Waals surface area contributed by atoms with Crippen LogP contribution in [-0.4, -0.2) is 17.8 Å². The van der Waals surface area contributed by atoms with Crippen LogP contribution in [-0.2, 0) is 4.79 Å². The van der Waals surface area contributed by atoms with Crippen molar-refractivity contribution in [3.63, 3.8) is 0 Å². The third-order valence-corrected chi connectivity index (χ3v) is 2.77. The lowest BCUT2D eigenvalue weighted by atomic mass is 10.1. The van der Waals surface area contributed by atoms with Crippen LogP contribution < -0.4 is 10.6 Å². The molecule has 0 fully saturated rings. The average molecular weight is 277 g/mol. The number of urea groups is 1. The smallest absolute Gasteiger partial charge is 0.308 e. The van der Waals surface area contributed by atoms with Gasteiger partial charge in [-0.25, -0.2) is 4.79 Å². The maximum absolute atomic E-state index is 11.5. The number of hydrogen-bond donors (Lipinski definition) is 2. The second-order valence-electron chi connectivity index (χ2n) is 4.00. The number of anilines is 1. The molecule has 2 rings (SSSR count). The highest BCUT2D eigenvalue weighted by Crippen LogP contribution is 2.18. The predicted octanol–water partition coefficient (Wildman–Crippen LogP) is 3.12. The number of amides is 3. The highest BCUT2D eigenvalue weighted by atomic mass is 35.5. The molecule has 98 valence electrons. The van der Waals surface area contributed by atoms with Crippen LogP contribution >= 0.6 is 11.6 Å². The Morgan fingerprint density at radius 1 is 1.05 bits per heavy atom. The van der Waals surface area contributed by atoms with Gasteiger partial charge in [-0.2, -0.15) is 0 Å². The quantitative estimate of drug-likeness (QED) is 0.846. The molecule has 2 aromatic carbocycles. The highest BCUT2D eigenvalue weighted by Gasteiger charge is 2.07. The maximum atomic E-state index is 11.5. The second kappa shape index (κ2) is 6.20. The summed E-state index contributed by atoms with van der Waals surface area (Å²) >= 11 is 5.41. The van der Waals surface area contributed by atoms with Gasteiger partial charge in [-0.3, -0.25) is 10.1 Å². The summed E-state index contributed by atoms with van der Waals surface area (Å²) in [7, 11) is 0. The van der Waals surface area contributed by atoms with E-state index < -0.39 is 11.9 Å². The average Bonchev–Trinajstić information content (AvgIpc) is 2.38. The first kappa shape index (κ1) is 13.4. The molecule has 5 heteroatoms. The van der Waals surface area contributed by atoms with Gasteiger partial charge in [0, 0.05) is 18.0 Å². The van der Waals surface area contributed by atoms with Crippen LogP contribution in [0.25, 0.3) is 10.8 Å². The lowest BCUT2D eigenvalue weighted by Gasteiger charge is -2.07. The minimum atomic E-state index is -0.551. The molecule has 2 N–H and O–H groups in total. The standard InChI is InChI=1S/C14H13ClN2O2/c15-8-7-13(18)17-14(19)16-12-6-5-10-3-1-2-4-11(10)9-12/h1-6,9H,7-8H2,(H2,16,17,18,19). The third kappa shape index (κ3) is 3.69. The van der Waals surface area contributed by atoms with Gasteiger partial charge in [0.1, 0.15) is 0 Å². The Bertz CT molecular complexity index is 613. The number of alkyl halides is 1. The zero-order valence-corrected chi connectivity index (χ0v) is 10.9. The minimum Gasteiger partial charge on any atom is -0.308 e. The summed E-state index contributed by atoms with van der Waals surface area (Å²) in [5, 5.41) is 6.92. The first-order valence-corrected chi connectivity index (χ1v) is 6.38. The van der Waals surface area contributed by atoms with Gasteiger partial charge >= 0.3 is 6.03 Å². The summed E-state index contributed by atoms with van der Waals surface area (Å²) < 4.78 is 0. The number of halogens is 1. The van der Waals surface area contributed by atoms with E-state index in [4.69, 9.17) is 11.6 Å². The lowest BCUT2D eigenvalue weighted by molar-refractivity contribution is -0.119. The Morgan fingerprint density at radius 2 is 1.79 bits per heavy atom. The number of carbonyl (C=O) groups excluding carboxylic acids is 2. The van der Waals surface area contributed by atoms with Crippen molar-refractivity contribution in [3.8, 4) is 0 Å². The van der Waals surface area contributed by atoms with Gasteiger partial charge in [0.2, 0.25) is 5.91 Å². The molecule has 0 heterocycles. The summed E-state index contributed by atoms with van der Waals surface area (Å²) in [4.78, 5) is 22.7. The fraction of sp³-hybridized carbons (Fsp3) is 0.143. The van der Waals surface area contributed by atoms with Crippen molar-refractivity contribution in [2.24, 2.45) is 0 Å². The number of carbonyl (C=O) groups is 2. The molecule has 0 aliphatic heterocycles. The van der Waals surface area contributed by atoms with Crippen molar-refractivity contribution in [1.82, 2.24) is 5.32 Å². The van der Waals surface area contributed by atoms with Crippen LogP contribution in [0.3, 0.4) is 0 Å². The first-order chi connectivity index (χ1) is 9.19. The van der Waals surface area contributed by atoms with E-state index in [1.807, 2.05) is 36.4 Å². The predicted molar refractivity (Wildman–Crippen MR) is 76.4 cm³/mol. The molecule has 4 nitrogen and oxygen atoms in total. The molecule has 0 aliphatic rings. The Hall–Kier alpha value is -2.07. The van der Waals surface area contributed by atoms with Gasteiger partial charge in [-0.1, -0.05) is 30.3 Å². The zero-order chi connectivity index (χ0) is 13.7. The van der Waals surface area contributed by atoms with Crippen molar-refractivity contribution in [2.45, 2.75) is 6.42 Å². The lowest BCUT2D eigenvalue weighted by Crippen LogP contribution is -2.34. The molecule has 0 saturated carbocycles. The monoisotopic (exact) mass is 276 g/mol. The Morgan fingerprint density at radius 3 is 2.53 bits per heavy atom. The maximum Gasteiger partial charge on any atom is 0.325 e. The van der Waals surface area contributed by atoms with Crippen LogP contribution in [0, 0.1) is 0 Å². The molecule has 0 aliphatic carbocycles. The van der Waals surface area contributed by atoms with E-state index in [0.29, 0.717) is 5.69 Å². The normalized spacial score (nSPS) is 10.2. The molecular formula is C14H13ClN2O2. The Kier molecular flexibility index (Phi) is 4.36. The van der Waals surface area contributed by atoms with Crippen LogP contribution in [0.2, 0.25) is 0 Å². The van der Waals surface area contributed by atoms with Crippen molar-refractivity contribution in [1.29, 1.82) is 0 Å². The minimum absolute atomic E-state index is 0.118. The van der Waals surface area contributed by atoms with Crippen molar-refractivity contribution >= 4 is 40.0 Å². The molecule has 2 aromatic rings. The van der Waals surface area contributed by atoms with E-state index in [-0.39, 0.29) is 12.3 Å². The summed E-state index contributed by atoms with van der Waals surface area (Å²) in [6, 6.07) is 12.8. The molecule has 0 atom stereocenters. The van der Waals surface area contributed by atoms with Crippen LogP contribution in [0.1, 0.15) is 6.42 Å². The first-order valence-electron chi connectivity index (χ1n) is 5.84. The summed E-state index contributed by atoms with van der Waals surface area (Å²) in [6.07, 6.45) is 0.118. The van der Waals surface area contributed by atoms with Gasteiger partial charge in [0.15, 0.2) is 0 Å². The molecule has 0 aromatic heterocycles. The van der Waals surface area contributed by atoms with E-state index >= 15 is 0 Å². The Balaban J connectivity index is 2.04. The number of nitrogens with one attached hydrogen (secondary N) is 2. The molecule has 0 unspecified atom stereocenters. The highest BCUT2D eigenvalue weighted by molar-refractivity contribution is 6.19. The summed E-state index contributed by atoms with van der Waals surface area (Å²) in [6.45, 7) is 0. The second-order valence-corrected chi connectivity index (χ2v) is 4.38. The van der Waals surface area contributed by atoms with Crippen molar-refractivity contribution in [3.05, 3.63) is 42.5 Å². The van der Waals surface area contributed by atoms with E-state index in [2.05, 4.69) is 10.6 Å². The SMILES string of the molecule is O=C(CCCl)NC(=O)Nc1ccc2ccccc2c1. The molecule has 0 radical (unpaired) electrons. The topological polar surface area (TPSA) is 58.2 Å². The van der Waals surface area contributed by atoms with Gasteiger partial charge in [-0.15, -0.1) is 11.6 Å². The van der Waals surface area contributed by atoms with Gasteiger partial charge in [-0.05, 0) is 22.9 Å². The molecule has 0 saturated heterocycles. The number of hydrogen-bond acceptors (Lipinski definition) is 2. The molecule has 19 heavy (non-hydrogen) atoms. The van der Waals surface area contributed by atoms with Gasteiger partial charge < -0.3 is 5.32 Å². The fourth-order valence-corrected chi connectivity index (χ4v) is 1.88. The van der Waals surface area contributed by atoms with E-state index in [0.717, 1.165) is 10.8 Å². The van der Waals surface area contributed by atoms with E-state index in [9.17, 15) is 9.59 Å². The van der Waals surface area contributed by atoms with Crippen LogP contribution in [0.4, 0.5) is 10.5 Å². The van der Waals surface area contributed by atoms with Crippen molar-refractivity contribution < 1.29 is 9.59 Å². The fourth-order valence-electron chi connectivity index (χ4n) is 1.70. The van der Waals surface area contributed by atoms with E-state index in [1.165, 1.54) is 0 Å². The van der Waals surface area contributed by atoms with Gasteiger partial charge in [0.25, 0.3) is 0 Å². The molecule has 0 spiro atoms. The summed E-state index contributed by atoms with van der Waals surface area (Å²) in [5.41, 5.74) is 0.634. The summed E-state index contributed by atoms with van der Waals surface area (Å²) in [5.74, 6) is -0.206. The van der Waals surface area contributed by atoms with Crippen LogP contribution in [0.15, 0.2) is 42.5 Å². The van der Waals surface area contributed by atoms with E-state index in [1.54, 1.807) is 6.07 Å². The van der Waals surface area contributed by atoms with Crippen LogP contribution in [0.5, 0.6) is 0 Å². The molecular weight excluding hydrogens is 264 g/mol. The largest absolute Gasteiger partial charge is 0.325 e. The zero-order valence-electron chi connectivity index (χ0n) is 10.2. The molecule has 0 bridgehead atoms. The molecule has 3 amide bonds. The number of imide groups is 1.